The van der Waals surface area contributed by atoms with Gasteiger partial charge < -0.3 is 15.2 Å². The van der Waals surface area contributed by atoms with Crippen LogP contribution in [0, 0.1) is 5.92 Å². The molecule has 4 fully saturated rings. The zero-order valence-corrected chi connectivity index (χ0v) is 19.2. The van der Waals surface area contributed by atoms with E-state index in [0.717, 1.165) is 44.3 Å². The molecule has 31 heavy (non-hydrogen) atoms. The van der Waals surface area contributed by atoms with E-state index in [0.29, 0.717) is 36.5 Å². The van der Waals surface area contributed by atoms with Crippen LogP contribution < -0.4 is 10.6 Å². The van der Waals surface area contributed by atoms with Crippen molar-refractivity contribution in [3.05, 3.63) is 17.5 Å². The summed E-state index contributed by atoms with van der Waals surface area (Å²) >= 11 is 0. The van der Waals surface area contributed by atoms with Gasteiger partial charge in [0.1, 0.15) is 5.76 Å². The molecular formula is C22H34N4O4S. The minimum absolute atomic E-state index is 0.00931. The first-order valence-electron chi connectivity index (χ1n) is 11.8. The summed E-state index contributed by atoms with van der Waals surface area (Å²) in [5.41, 5.74) is 0.332. The van der Waals surface area contributed by atoms with Crippen molar-refractivity contribution in [1.82, 2.24) is 20.1 Å². The first kappa shape index (κ1) is 21.4. The lowest BCUT2D eigenvalue weighted by Crippen LogP contribution is -2.54. The monoisotopic (exact) mass is 450 g/mol. The van der Waals surface area contributed by atoms with Crippen molar-refractivity contribution in [3.8, 4) is 0 Å². The molecule has 3 aliphatic heterocycles. The molecule has 1 amide bonds. The number of nitrogens with one attached hydrogen (secondary N) is 2. The van der Waals surface area contributed by atoms with Gasteiger partial charge in [0.2, 0.25) is 10.0 Å². The van der Waals surface area contributed by atoms with Crippen molar-refractivity contribution in [1.29, 1.82) is 0 Å². The summed E-state index contributed by atoms with van der Waals surface area (Å²) in [6.45, 7) is 4.27. The van der Waals surface area contributed by atoms with Crippen LogP contribution in [-0.2, 0) is 10.0 Å². The van der Waals surface area contributed by atoms with E-state index in [1.54, 1.807) is 10.4 Å². The van der Waals surface area contributed by atoms with Gasteiger partial charge in [0.15, 0.2) is 5.69 Å². The number of amides is 1. The van der Waals surface area contributed by atoms with Gasteiger partial charge in [-0.05, 0) is 71.1 Å². The molecular weight excluding hydrogens is 416 g/mol. The topological polar surface area (TPSA) is 105 Å². The number of hydrogen-bond acceptors (Lipinski definition) is 6. The van der Waals surface area contributed by atoms with Gasteiger partial charge in [0.05, 0.1) is 5.75 Å². The second-order valence-corrected chi connectivity index (χ2v) is 12.2. The molecule has 2 bridgehead atoms. The third-order valence-corrected chi connectivity index (χ3v) is 9.58. The second-order valence-electron chi connectivity index (χ2n) is 10.3. The Morgan fingerprint density at radius 2 is 1.77 bits per heavy atom. The van der Waals surface area contributed by atoms with Crippen molar-refractivity contribution in [2.24, 2.45) is 5.92 Å². The smallest absolute Gasteiger partial charge is 0.273 e. The molecule has 1 saturated carbocycles. The summed E-state index contributed by atoms with van der Waals surface area (Å²) < 4.78 is 33.8. The summed E-state index contributed by atoms with van der Waals surface area (Å²) in [5, 5.41) is 10.5. The lowest BCUT2D eigenvalue weighted by molar-refractivity contribution is 0.0900. The first-order chi connectivity index (χ1) is 14.8. The Labute approximate surface area is 184 Å². The molecule has 0 radical (unpaired) electrons. The molecule has 4 aliphatic rings. The van der Waals surface area contributed by atoms with Gasteiger partial charge in [-0.2, -0.15) is 4.31 Å². The zero-order valence-electron chi connectivity index (χ0n) is 18.4. The third kappa shape index (κ3) is 4.54. The molecule has 172 valence electrons. The van der Waals surface area contributed by atoms with Gasteiger partial charge in [0.25, 0.3) is 5.91 Å². The summed E-state index contributed by atoms with van der Waals surface area (Å²) in [5.74, 6) is 1.46. The molecule has 0 spiro atoms. The van der Waals surface area contributed by atoms with Gasteiger partial charge in [-0.15, -0.1) is 0 Å². The molecule has 1 aromatic heterocycles. The Balaban J connectivity index is 1.20. The highest BCUT2D eigenvalue weighted by Gasteiger charge is 2.47. The maximum Gasteiger partial charge on any atom is 0.273 e. The third-order valence-electron chi connectivity index (χ3n) is 7.45. The number of hydrogen-bond donors (Lipinski definition) is 2. The highest BCUT2D eigenvalue weighted by Crippen LogP contribution is 2.41. The van der Waals surface area contributed by atoms with E-state index in [4.69, 9.17) is 4.52 Å². The molecule has 5 rings (SSSR count). The summed E-state index contributed by atoms with van der Waals surface area (Å²) in [4.78, 5) is 12.6. The summed E-state index contributed by atoms with van der Waals surface area (Å²) in [6.07, 6.45) is 7.12. The molecule has 1 aliphatic carbocycles. The number of nitrogens with zero attached hydrogens (tertiary/aromatic N) is 2. The Hall–Kier alpha value is -1.45. The predicted molar refractivity (Wildman–Crippen MR) is 116 cm³/mol. The molecule has 4 heterocycles. The average Bonchev–Trinajstić information content (AvgIpc) is 3.32. The number of aromatic nitrogens is 1. The second kappa shape index (κ2) is 8.15. The van der Waals surface area contributed by atoms with Crippen LogP contribution in [-0.4, -0.2) is 59.7 Å². The lowest BCUT2D eigenvalue weighted by atomic mass is 9.91. The van der Waals surface area contributed by atoms with Gasteiger partial charge in [0, 0.05) is 42.2 Å². The van der Waals surface area contributed by atoms with E-state index < -0.39 is 10.0 Å². The van der Waals surface area contributed by atoms with E-state index in [-0.39, 0.29) is 35.7 Å². The number of carbonyl (C=O) groups is 1. The fraction of sp³-hybridized carbons (Fsp3) is 0.818. The van der Waals surface area contributed by atoms with E-state index in [1.165, 1.54) is 0 Å². The first-order valence-corrected chi connectivity index (χ1v) is 13.4. The van der Waals surface area contributed by atoms with Gasteiger partial charge in [-0.1, -0.05) is 5.16 Å². The number of sulfonamides is 1. The fourth-order valence-electron chi connectivity index (χ4n) is 6.16. The number of piperidine rings is 2. The van der Waals surface area contributed by atoms with E-state index in [9.17, 15) is 13.2 Å². The van der Waals surface area contributed by atoms with Crippen molar-refractivity contribution in [2.75, 3.05) is 5.75 Å². The zero-order chi connectivity index (χ0) is 21.8. The lowest BCUT2D eigenvalue weighted by Gasteiger charge is -2.40. The number of fused-ring (bicyclic) bond motifs is 2. The average molecular weight is 451 g/mol. The summed E-state index contributed by atoms with van der Waals surface area (Å²) in [6, 6.07) is 2.44. The molecule has 2 N–H and O–H groups in total. The van der Waals surface area contributed by atoms with Crippen LogP contribution >= 0.6 is 0 Å². The largest absolute Gasteiger partial charge is 0.360 e. The normalized spacial score (nSPS) is 36.5. The van der Waals surface area contributed by atoms with Gasteiger partial charge in [-0.25, -0.2) is 8.42 Å². The van der Waals surface area contributed by atoms with Crippen LogP contribution in [0.15, 0.2) is 10.6 Å². The highest BCUT2D eigenvalue weighted by molar-refractivity contribution is 7.89. The van der Waals surface area contributed by atoms with E-state index in [1.807, 2.05) is 0 Å². The van der Waals surface area contributed by atoms with E-state index >= 15 is 0 Å². The highest BCUT2D eigenvalue weighted by atomic mass is 32.2. The molecule has 1 aromatic rings. The fourth-order valence-corrected chi connectivity index (χ4v) is 8.49. The molecule has 2 unspecified atom stereocenters. The van der Waals surface area contributed by atoms with Crippen LogP contribution in [0.25, 0.3) is 0 Å². The standard InChI is InChI=1S/C22H34N4O4S/c1-13-7-15(8-14(2)23-13)12-31(28,29)26-18-5-6-19(26)10-17(9-18)24-22(27)20-11-21(30-25-20)16-3-4-16/h11,13-19,23H,3-10,12H2,1-2H3,(H,24,27)/t13?,14?,15?,17-,18+,19-. The molecule has 3 saturated heterocycles. The van der Waals surface area contributed by atoms with Crippen molar-refractivity contribution in [3.63, 3.8) is 0 Å². The minimum atomic E-state index is -3.30. The Bertz CT molecular complexity index is 904. The maximum absolute atomic E-state index is 13.3. The van der Waals surface area contributed by atoms with Crippen LogP contribution in [0.3, 0.4) is 0 Å². The van der Waals surface area contributed by atoms with Crippen LogP contribution in [0.5, 0.6) is 0 Å². The van der Waals surface area contributed by atoms with Crippen molar-refractivity contribution < 1.29 is 17.7 Å². The van der Waals surface area contributed by atoms with Crippen molar-refractivity contribution >= 4 is 15.9 Å². The summed E-state index contributed by atoms with van der Waals surface area (Å²) in [7, 11) is -3.30. The molecule has 5 atom stereocenters. The van der Waals surface area contributed by atoms with Crippen LogP contribution in [0.2, 0.25) is 0 Å². The van der Waals surface area contributed by atoms with Gasteiger partial charge >= 0.3 is 0 Å². The van der Waals surface area contributed by atoms with Crippen LogP contribution in [0.1, 0.15) is 87.4 Å². The number of carbonyl (C=O) groups excluding carboxylic acids is 1. The quantitative estimate of drug-likeness (QED) is 0.690. The van der Waals surface area contributed by atoms with Crippen molar-refractivity contribution in [2.45, 2.75) is 101 Å². The Morgan fingerprint density at radius 1 is 1.13 bits per heavy atom. The molecule has 9 heteroatoms. The maximum atomic E-state index is 13.3. The Kier molecular flexibility index (Phi) is 5.63. The Morgan fingerprint density at radius 3 is 2.39 bits per heavy atom. The predicted octanol–water partition coefficient (Wildman–Crippen LogP) is 2.38. The SMILES string of the molecule is CC1CC(CS(=O)(=O)N2[C@@H]3CC[C@H]2C[C@@H](NC(=O)c2cc(C4CC4)on2)C3)CC(C)N1. The van der Waals surface area contributed by atoms with Crippen LogP contribution in [0.4, 0.5) is 0 Å². The van der Waals surface area contributed by atoms with E-state index in [2.05, 4.69) is 29.6 Å². The number of rotatable bonds is 6. The van der Waals surface area contributed by atoms with Gasteiger partial charge in [-0.3, -0.25) is 4.79 Å². The molecule has 0 aromatic carbocycles. The molecule has 8 nitrogen and oxygen atoms in total. The minimum Gasteiger partial charge on any atom is -0.360 e.